The van der Waals surface area contributed by atoms with E-state index in [9.17, 15) is 13.2 Å². The van der Waals surface area contributed by atoms with E-state index in [0.29, 0.717) is 16.4 Å². The SMILES string of the molecule is CN(c1ccccc1)S(=O)(=O)c1ccc(C(=O)Nc2nc(-c3ccc(I)cc3)cs2)cc1. The van der Waals surface area contributed by atoms with Crippen LogP contribution >= 0.6 is 33.9 Å². The number of sulfonamides is 1. The molecule has 1 N–H and O–H groups in total. The second-order valence-electron chi connectivity index (χ2n) is 6.83. The summed E-state index contributed by atoms with van der Waals surface area (Å²) in [4.78, 5) is 17.2. The van der Waals surface area contributed by atoms with Crippen LogP contribution in [0.5, 0.6) is 0 Å². The molecule has 0 aliphatic heterocycles. The molecule has 0 bridgehead atoms. The summed E-state index contributed by atoms with van der Waals surface area (Å²) >= 11 is 3.57. The Labute approximate surface area is 204 Å². The first kappa shape index (κ1) is 22.4. The van der Waals surface area contributed by atoms with Gasteiger partial charge in [0.25, 0.3) is 15.9 Å². The van der Waals surface area contributed by atoms with Gasteiger partial charge in [0.1, 0.15) is 0 Å². The topological polar surface area (TPSA) is 79.4 Å². The molecule has 0 saturated heterocycles. The van der Waals surface area contributed by atoms with E-state index in [1.807, 2.05) is 35.7 Å². The van der Waals surface area contributed by atoms with Crippen molar-refractivity contribution in [3.63, 3.8) is 0 Å². The Hall–Kier alpha value is -2.76. The second-order valence-corrected chi connectivity index (χ2v) is 10.9. The van der Waals surface area contributed by atoms with E-state index in [4.69, 9.17) is 0 Å². The lowest BCUT2D eigenvalue weighted by Gasteiger charge is -2.19. The third kappa shape index (κ3) is 4.84. The molecule has 0 saturated carbocycles. The Balaban J connectivity index is 1.47. The van der Waals surface area contributed by atoms with Gasteiger partial charge in [-0.1, -0.05) is 30.3 Å². The number of thiazole rings is 1. The Morgan fingerprint density at radius 1 is 0.969 bits per heavy atom. The zero-order valence-corrected chi connectivity index (χ0v) is 20.7. The number of nitrogens with zero attached hydrogens (tertiary/aromatic N) is 2. The monoisotopic (exact) mass is 575 g/mol. The van der Waals surface area contributed by atoms with E-state index in [1.54, 1.807) is 24.3 Å². The van der Waals surface area contributed by atoms with Crippen molar-refractivity contribution in [3.8, 4) is 11.3 Å². The zero-order valence-electron chi connectivity index (χ0n) is 16.9. The van der Waals surface area contributed by atoms with Crippen LogP contribution in [0.15, 0.2) is 89.1 Å². The summed E-state index contributed by atoms with van der Waals surface area (Å²) in [5, 5.41) is 5.13. The van der Waals surface area contributed by atoms with Crippen LogP contribution in [0.4, 0.5) is 10.8 Å². The predicted octanol–water partition coefficient (Wildman–Crippen LogP) is 5.49. The van der Waals surface area contributed by atoms with E-state index < -0.39 is 10.0 Å². The van der Waals surface area contributed by atoms with Gasteiger partial charge in [0.05, 0.1) is 16.3 Å². The maximum atomic E-state index is 12.9. The van der Waals surface area contributed by atoms with E-state index in [0.717, 1.165) is 14.8 Å². The summed E-state index contributed by atoms with van der Waals surface area (Å²) in [6, 6.07) is 22.6. The summed E-state index contributed by atoms with van der Waals surface area (Å²) in [5.74, 6) is -0.353. The normalized spacial score (nSPS) is 11.2. The van der Waals surface area contributed by atoms with Crippen molar-refractivity contribution in [3.05, 3.63) is 93.4 Å². The fourth-order valence-corrected chi connectivity index (χ4v) is 5.24. The Morgan fingerprint density at radius 2 is 1.62 bits per heavy atom. The van der Waals surface area contributed by atoms with Gasteiger partial charge < -0.3 is 0 Å². The first-order valence-electron chi connectivity index (χ1n) is 9.51. The van der Waals surface area contributed by atoms with E-state index in [1.165, 1.54) is 47.0 Å². The third-order valence-corrected chi connectivity index (χ3v) is 8.04. The van der Waals surface area contributed by atoms with Crippen LogP contribution in [-0.4, -0.2) is 26.4 Å². The van der Waals surface area contributed by atoms with Gasteiger partial charge >= 0.3 is 0 Å². The molecular weight excluding hydrogens is 557 g/mol. The van der Waals surface area contributed by atoms with E-state index in [2.05, 4.69) is 32.9 Å². The number of amides is 1. The number of rotatable bonds is 6. The first-order chi connectivity index (χ1) is 15.3. The molecule has 162 valence electrons. The third-order valence-electron chi connectivity index (χ3n) is 4.76. The molecule has 0 aliphatic carbocycles. The Morgan fingerprint density at radius 3 is 2.28 bits per heavy atom. The average molecular weight is 575 g/mol. The molecule has 0 fully saturated rings. The summed E-state index contributed by atoms with van der Waals surface area (Å²) < 4.78 is 28.1. The van der Waals surface area contributed by atoms with Crippen molar-refractivity contribution in [2.45, 2.75) is 4.90 Å². The fraction of sp³-hybridized carbons (Fsp3) is 0.0435. The highest BCUT2D eigenvalue weighted by Crippen LogP contribution is 2.26. The van der Waals surface area contributed by atoms with Gasteiger partial charge in [0.15, 0.2) is 5.13 Å². The molecule has 1 aromatic heterocycles. The molecule has 0 aliphatic rings. The summed E-state index contributed by atoms with van der Waals surface area (Å²) in [6.45, 7) is 0. The number of nitrogens with one attached hydrogen (secondary N) is 1. The minimum Gasteiger partial charge on any atom is -0.298 e. The average Bonchev–Trinajstić information content (AvgIpc) is 3.28. The molecule has 3 aromatic carbocycles. The number of aromatic nitrogens is 1. The molecule has 0 atom stereocenters. The number of hydrogen-bond donors (Lipinski definition) is 1. The number of benzene rings is 3. The molecule has 1 heterocycles. The highest BCUT2D eigenvalue weighted by Gasteiger charge is 2.21. The quantitative estimate of drug-likeness (QED) is 0.309. The number of halogens is 1. The maximum Gasteiger partial charge on any atom is 0.264 e. The van der Waals surface area contributed by atoms with Crippen LogP contribution < -0.4 is 9.62 Å². The van der Waals surface area contributed by atoms with Gasteiger partial charge in [0.2, 0.25) is 0 Å². The molecule has 32 heavy (non-hydrogen) atoms. The maximum absolute atomic E-state index is 12.9. The smallest absolute Gasteiger partial charge is 0.264 e. The number of para-hydroxylation sites is 1. The van der Waals surface area contributed by atoms with Crippen molar-refractivity contribution in [2.24, 2.45) is 0 Å². The van der Waals surface area contributed by atoms with Gasteiger partial charge in [-0.3, -0.25) is 14.4 Å². The van der Waals surface area contributed by atoms with E-state index in [-0.39, 0.29) is 10.8 Å². The van der Waals surface area contributed by atoms with Crippen LogP contribution in [-0.2, 0) is 10.0 Å². The molecule has 9 heteroatoms. The van der Waals surface area contributed by atoms with Gasteiger partial charge in [-0.2, -0.15) is 0 Å². The Bertz CT molecular complexity index is 1340. The number of carbonyl (C=O) groups excluding carboxylic acids is 1. The Kier molecular flexibility index (Phi) is 6.58. The highest BCUT2D eigenvalue weighted by atomic mass is 127. The second kappa shape index (κ2) is 9.39. The van der Waals surface area contributed by atoms with Crippen LogP contribution in [0.1, 0.15) is 10.4 Å². The zero-order chi connectivity index (χ0) is 22.7. The summed E-state index contributed by atoms with van der Waals surface area (Å²) in [5.41, 5.74) is 2.66. The van der Waals surface area contributed by atoms with Crippen molar-refractivity contribution in [1.29, 1.82) is 0 Å². The van der Waals surface area contributed by atoms with Crippen molar-refractivity contribution >= 4 is 60.7 Å². The lowest BCUT2D eigenvalue weighted by Crippen LogP contribution is -2.26. The minimum atomic E-state index is -3.73. The minimum absolute atomic E-state index is 0.107. The molecule has 4 aromatic rings. The van der Waals surface area contributed by atoms with Crippen LogP contribution in [0, 0.1) is 3.57 Å². The van der Waals surface area contributed by atoms with Crippen LogP contribution in [0.25, 0.3) is 11.3 Å². The fourth-order valence-electron chi connectivity index (χ4n) is 2.97. The van der Waals surface area contributed by atoms with Crippen LogP contribution in [0.2, 0.25) is 0 Å². The molecule has 0 radical (unpaired) electrons. The van der Waals surface area contributed by atoms with Crippen molar-refractivity contribution in [2.75, 3.05) is 16.7 Å². The van der Waals surface area contributed by atoms with Gasteiger partial charge in [-0.25, -0.2) is 13.4 Å². The summed E-state index contributed by atoms with van der Waals surface area (Å²) in [6.07, 6.45) is 0. The standard InChI is InChI=1S/C23H18IN3O3S2/c1-27(19-5-3-2-4-6-19)32(29,30)20-13-9-17(10-14-20)22(28)26-23-25-21(15-31-23)16-7-11-18(24)12-8-16/h2-15H,1H3,(H,25,26,28). The van der Waals surface area contributed by atoms with Crippen molar-refractivity contribution in [1.82, 2.24) is 4.98 Å². The predicted molar refractivity (Wildman–Crippen MR) is 137 cm³/mol. The lowest BCUT2D eigenvalue weighted by atomic mass is 10.2. The number of carbonyl (C=O) groups is 1. The van der Waals surface area contributed by atoms with Crippen LogP contribution in [0.3, 0.4) is 0 Å². The largest absolute Gasteiger partial charge is 0.298 e. The molecule has 1 amide bonds. The molecular formula is C23H18IN3O3S2. The number of anilines is 2. The van der Waals surface area contributed by atoms with Gasteiger partial charge in [0, 0.05) is 27.1 Å². The summed E-state index contributed by atoms with van der Waals surface area (Å²) in [7, 11) is -2.23. The molecule has 4 rings (SSSR count). The lowest BCUT2D eigenvalue weighted by molar-refractivity contribution is 0.102. The molecule has 0 spiro atoms. The van der Waals surface area contributed by atoms with E-state index >= 15 is 0 Å². The van der Waals surface area contributed by atoms with Crippen molar-refractivity contribution < 1.29 is 13.2 Å². The number of hydrogen-bond acceptors (Lipinski definition) is 5. The first-order valence-corrected chi connectivity index (χ1v) is 12.9. The molecule has 6 nitrogen and oxygen atoms in total. The molecule has 0 unspecified atom stereocenters. The van der Waals surface area contributed by atoms with Gasteiger partial charge in [-0.15, -0.1) is 11.3 Å². The van der Waals surface area contributed by atoms with Gasteiger partial charge in [-0.05, 0) is 71.1 Å². The highest BCUT2D eigenvalue weighted by molar-refractivity contribution is 14.1.